The molecule has 0 bridgehead atoms. The number of hydrogen-bond acceptors (Lipinski definition) is 1. The van der Waals surface area contributed by atoms with E-state index < -0.39 is 0 Å². The molecular formula is C20H33N. The van der Waals surface area contributed by atoms with Crippen LogP contribution >= 0.6 is 0 Å². The molecule has 2 atom stereocenters. The minimum absolute atomic E-state index is 0.457. The van der Waals surface area contributed by atoms with Gasteiger partial charge < -0.3 is 5.32 Å². The molecule has 1 aliphatic carbocycles. The van der Waals surface area contributed by atoms with E-state index in [0.29, 0.717) is 12.1 Å². The molecule has 1 saturated carbocycles. The Labute approximate surface area is 131 Å². The summed E-state index contributed by atoms with van der Waals surface area (Å²) in [6.07, 6.45) is 11.0. The van der Waals surface area contributed by atoms with E-state index in [4.69, 9.17) is 0 Å². The molecule has 1 aliphatic rings. The van der Waals surface area contributed by atoms with Crippen LogP contribution in [0.15, 0.2) is 24.3 Å². The molecule has 0 aromatic heterocycles. The summed E-state index contributed by atoms with van der Waals surface area (Å²) in [5.41, 5.74) is 2.89. The van der Waals surface area contributed by atoms with E-state index in [1.165, 1.54) is 62.5 Å². The highest BCUT2D eigenvalue weighted by atomic mass is 14.9. The Bertz CT molecular complexity index is 387. The Morgan fingerprint density at radius 1 is 1.00 bits per heavy atom. The maximum absolute atomic E-state index is 3.85. The average molecular weight is 287 g/mol. The molecule has 1 fully saturated rings. The molecule has 1 aromatic carbocycles. The van der Waals surface area contributed by atoms with Gasteiger partial charge in [-0.1, -0.05) is 63.3 Å². The number of benzene rings is 1. The second-order valence-electron chi connectivity index (χ2n) is 6.92. The van der Waals surface area contributed by atoms with Gasteiger partial charge in [0.25, 0.3) is 0 Å². The number of rotatable bonds is 6. The minimum atomic E-state index is 0.457. The van der Waals surface area contributed by atoms with E-state index in [0.717, 1.165) is 5.92 Å². The first-order chi connectivity index (χ1) is 10.2. The van der Waals surface area contributed by atoms with Crippen LogP contribution in [0.25, 0.3) is 0 Å². The molecule has 0 radical (unpaired) electrons. The van der Waals surface area contributed by atoms with Gasteiger partial charge in [0, 0.05) is 12.1 Å². The van der Waals surface area contributed by atoms with Gasteiger partial charge in [0.05, 0.1) is 0 Å². The lowest BCUT2D eigenvalue weighted by Gasteiger charge is -2.27. The van der Waals surface area contributed by atoms with E-state index in [1.54, 1.807) is 0 Å². The fourth-order valence-corrected chi connectivity index (χ4v) is 3.70. The van der Waals surface area contributed by atoms with Crippen molar-refractivity contribution in [1.82, 2.24) is 5.32 Å². The molecule has 2 rings (SSSR count). The maximum Gasteiger partial charge on any atom is 0.0294 e. The first-order valence-electron chi connectivity index (χ1n) is 9.05. The Kier molecular flexibility index (Phi) is 6.76. The zero-order chi connectivity index (χ0) is 15.1. The molecule has 0 saturated heterocycles. The largest absolute Gasteiger partial charge is 0.307 e. The third kappa shape index (κ3) is 5.14. The van der Waals surface area contributed by atoms with Crippen molar-refractivity contribution >= 4 is 0 Å². The molecule has 1 heteroatoms. The molecule has 1 N–H and O–H groups in total. The summed E-state index contributed by atoms with van der Waals surface area (Å²) in [4.78, 5) is 0. The summed E-state index contributed by atoms with van der Waals surface area (Å²) in [6, 6.07) is 10.3. The summed E-state index contributed by atoms with van der Waals surface area (Å²) in [5.74, 6) is 0.870. The third-order valence-electron chi connectivity index (χ3n) is 5.14. The van der Waals surface area contributed by atoms with Crippen molar-refractivity contribution in [1.29, 1.82) is 0 Å². The molecular weight excluding hydrogens is 254 g/mol. The summed E-state index contributed by atoms with van der Waals surface area (Å²) < 4.78 is 0. The van der Waals surface area contributed by atoms with Gasteiger partial charge in [-0.3, -0.25) is 0 Å². The summed E-state index contributed by atoms with van der Waals surface area (Å²) in [5, 5.41) is 3.85. The van der Waals surface area contributed by atoms with Gasteiger partial charge in [0.15, 0.2) is 0 Å². The van der Waals surface area contributed by atoms with Crippen LogP contribution in [0.2, 0.25) is 0 Å². The van der Waals surface area contributed by atoms with Crippen molar-refractivity contribution in [3.8, 4) is 0 Å². The Morgan fingerprint density at radius 2 is 1.62 bits per heavy atom. The van der Waals surface area contributed by atoms with Gasteiger partial charge in [-0.15, -0.1) is 0 Å². The van der Waals surface area contributed by atoms with E-state index in [9.17, 15) is 0 Å². The van der Waals surface area contributed by atoms with Crippen LogP contribution in [0.1, 0.15) is 82.9 Å². The highest BCUT2D eigenvalue weighted by molar-refractivity contribution is 5.24. The third-order valence-corrected chi connectivity index (χ3v) is 5.14. The summed E-state index contributed by atoms with van der Waals surface area (Å²) in [6.45, 7) is 6.94. The molecule has 1 unspecified atom stereocenters. The summed E-state index contributed by atoms with van der Waals surface area (Å²) >= 11 is 0. The zero-order valence-electron chi connectivity index (χ0n) is 14.2. The lowest BCUT2D eigenvalue weighted by atomic mass is 9.92. The normalized spacial score (nSPS) is 20.0. The van der Waals surface area contributed by atoms with Crippen LogP contribution in [0.5, 0.6) is 0 Å². The standard InChI is InChI=1S/C20H33N/c1-4-9-18-12-14-20(15-13-18)17(3)21-16(2)19-10-7-5-6-8-11-19/h12-17,19,21H,4-11H2,1-3H3/t16-,17?/m1/s1. The quantitative estimate of drug-likeness (QED) is 0.667. The Balaban J connectivity index is 1.88. The highest BCUT2D eigenvalue weighted by Gasteiger charge is 2.20. The van der Waals surface area contributed by atoms with Crippen LogP contribution in [-0.2, 0) is 6.42 Å². The monoisotopic (exact) mass is 287 g/mol. The van der Waals surface area contributed by atoms with Gasteiger partial charge in [0.1, 0.15) is 0 Å². The van der Waals surface area contributed by atoms with Gasteiger partial charge in [-0.25, -0.2) is 0 Å². The molecule has 1 aromatic rings. The summed E-state index contributed by atoms with van der Waals surface area (Å²) in [7, 11) is 0. The van der Waals surface area contributed by atoms with Crippen LogP contribution in [0.4, 0.5) is 0 Å². The van der Waals surface area contributed by atoms with Gasteiger partial charge in [-0.2, -0.15) is 0 Å². The van der Waals surface area contributed by atoms with E-state index >= 15 is 0 Å². The first kappa shape index (κ1) is 16.5. The maximum atomic E-state index is 3.85. The minimum Gasteiger partial charge on any atom is -0.307 e. The molecule has 0 heterocycles. The lowest BCUT2D eigenvalue weighted by molar-refractivity contribution is 0.316. The van der Waals surface area contributed by atoms with Gasteiger partial charge in [-0.05, 0) is 50.2 Å². The van der Waals surface area contributed by atoms with Crippen LogP contribution in [0, 0.1) is 5.92 Å². The predicted octanol–water partition coefficient (Wildman–Crippen LogP) is 5.65. The van der Waals surface area contributed by atoms with E-state index in [-0.39, 0.29) is 0 Å². The van der Waals surface area contributed by atoms with Crippen molar-refractivity contribution in [2.45, 2.75) is 84.2 Å². The van der Waals surface area contributed by atoms with Gasteiger partial charge in [0.2, 0.25) is 0 Å². The second-order valence-corrected chi connectivity index (χ2v) is 6.92. The molecule has 0 aliphatic heterocycles. The Morgan fingerprint density at radius 3 is 2.19 bits per heavy atom. The number of hydrogen-bond donors (Lipinski definition) is 1. The van der Waals surface area contributed by atoms with Crippen molar-refractivity contribution in [2.75, 3.05) is 0 Å². The number of aryl methyl sites for hydroxylation is 1. The van der Waals surface area contributed by atoms with Gasteiger partial charge >= 0.3 is 0 Å². The predicted molar refractivity (Wildman–Crippen MR) is 92.6 cm³/mol. The second kappa shape index (κ2) is 8.58. The molecule has 118 valence electrons. The molecule has 0 amide bonds. The van der Waals surface area contributed by atoms with Crippen LogP contribution < -0.4 is 5.32 Å². The fourth-order valence-electron chi connectivity index (χ4n) is 3.70. The average Bonchev–Trinajstić information content (AvgIpc) is 2.77. The zero-order valence-corrected chi connectivity index (χ0v) is 14.2. The fraction of sp³-hybridized carbons (Fsp3) is 0.700. The molecule has 21 heavy (non-hydrogen) atoms. The highest BCUT2D eigenvalue weighted by Crippen LogP contribution is 2.27. The molecule has 1 nitrogen and oxygen atoms in total. The SMILES string of the molecule is CCCc1ccc(C(C)N[C@H](C)C2CCCCCC2)cc1. The van der Waals surface area contributed by atoms with E-state index in [2.05, 4.69) is 50.4 Å². The van der Waals surface area contributed by atoms with Crippen molar-refractivity contribution in [2.24, 2.45) is 5.92 Å². The van der Waals surface area contributed by atoms with Crippen molar-refractivity contribution in [3.63, 3.8) is 0 Å². The lowest BCUT2D eigenvalue weighted by Crippen LogP contribution is -2.35. The molecule has 0 spiro atoms. The van der Waals surface area contributed by atoms with Crippen molar-refractivity contribution in [3.05, 3.63) is 35.4 Å². The van der Waals surface area contributed by atoms with Crippen molar-refractivity contribution < 1.29 is 0 Å². The first-order valence-corrected chi connectivity index (χ1v) is 9.05. The number of nitrogens with one attached hydrogen (secondary N) is 1. The topological polar surface area (TPSA) is 12.0 Å². The Hall–Kier alpha value is -0.820. The van der Waals surface area contributed by atoms with Crippen LogP contribution in [0.3, 0.4) is 0 Å². The van der Waals surface area contributed by atoms with E-state index in [1.807, 2.05) is 0 Å². The smallest absolute Gasteiger partial charge is 0.0294 e. The van der Waals surface area contributed by atoms with Crippen LogP contribution in [-0.4, -0.2) is 6.04 Å².